The monoisotopic (exact) mass is 253 g/mol. The van der Waals surface area contributed by atoms with Gasteiger partial charge in [-0.15, -0.1) is 0 Å². The molecule has 1 saturated heterocycles. The van der Waals surface area contributed by atoms with Gasteiger partial charge in [-0.05, 0) is 25.0 Å². The molecule has 0 aliphatic carbocycles. The lowest BCUT2D eigenvalue weighted by Crippen LogP contribution is -2.40. The molecule has 4 nitrogen and oxygen atoms in total. The fraction of sp³-hybridized carbons (Fsp3) is 0.462. The quantitative estimate of drug-likeness (QED) is 0.876. The van der Waals surface area contributed by atoms with E-state index in [1.165, 1.54) is 12.1 Å². The number of carbonyl (C=O) groups excluding carboxylic acids is 1. The van der Waals surface area contributed by atoms with Crippen LogP contribution in [0.1, 0.15) is 12.8 Å². The molecule has 2 rings (SSSR count). The summed E-state index contributed by atoms with van der Waals surface area (Å²) in [5.41, 5.74) is 0. The molecule has 98 valence electrons. The van der Waals surface area contributed by atoms with Gasteiger partial charge in [0, 0.05) is 6.54 Å². The van der Waals surface area contributed by atoms with Gasteiger partial charge in [-0.3, -0.25) is 4.79 Å². The number of likely N-dealkylation sites (tertiary alicyclic amines) is 1. The second kappa shape index (κ2) is 5.82. The highest BCUT2D eigenvalue weighted by atomic mass is 19.1. The van der Waals surface area contributed by atoms with Crippen LogP contribution in [0.15, 0.2) is 24.3 Å². The number of hydrogen-bond acceptors (Lipinski definition) is 3. The number of aliphatic hydroxyl groups is 1. The van der Waals surface area contributed by atoms with E-state index in [9.17, 15) is 9.18 Å². The molecule has 0 bridgehead atoms. The molecule has 1 aromatic carbocycles. The standard InChI is InChI=1S/C13H16FNO3/c14-11-5-1-2-6-12(11)18-9-13(17)15-7-3-4-10(15)8-16/h1-2,5-6,10,16H,3-4,7-9H2/t10-/m0/s1. The van der Waals surface area contributed by atoms with Crippen LogP contribution in [0.5, 0.6) is 5.75 Å². The van der Waals surface area contributed by atoms with Crippen LogP contribution in [0.25, 0.3) is 0 Å². The van der Waals surface area contributed by atoms with Crippen LogP contribution in [0.3, 0.4) is 0 Å². The van der Waals surface area contributed by atoms with Gasteiger partial charge in [0.1, 0.15) is 0 Å². The molecular formula is C13H16FNO3. The molecule has 18 heavy (non-hydrogen) atoms. The number of amides is 1. The third-order valence-corrected chi connectivity index (χ3v) is 3.10. The number of nitrogens with zero attached hydrogens (tertiary/aromatic N) is 1. The summed E-state index contributed by atoms with van der Waals surface area (Å²) < 4.78 is 18.4. The van der Waals surface area contributed by atoms with Gasteiger partial charge >= 0.3 is 0 Å². The Labute approximate surface area is 105 Å². The Kier molecular flexibility index (Phi) is 4.15. The summed E-state index contributed by atoms with van der Waals surface area (Å²) in [5, 5.41) is 9.12. The second-order valence-electron chi connectivity index (χ2n) is 4.28. The Balaban J connectivity index is 1.90. The molecule has 1 atom stereocenters. The van der Waals surface area contributed by atoms with Crippen molar-refractivity contribution in [1.82, 2.24) is 4.90 Å². The van der Waals surface area contributed by atoms with E-state index in [-0.39, 0.29) is 30.9 Å². The van der Waals surface area contributed by atoms with Crippen molar-refractivity contribution in [3.63, 3.8) is 0 Å². The number of para-hydroxylation sites is 1. The number of halogens is 1. The highest BCUT2D eigenvalue weighted by Gasteiger charge is 2.28. The second-order valence-corrected chi connectivity index (χ2v) is 4.28. The highest BCUT2D eigenvalue weighted by molar-refractivity contribution is 5.78. The average Bonchev–Trinajstić information content (AvgIpc) is 2.86. The maximum absolute atomic E-state index is 13.3. The summed E-state index contributed by atoms with van der Waals surface area (Å²) in [4.78, 5) is 13.5. The molecule has 1 heterocycles. The fourth-order valence-corrected chi connectivity index (χ4v) is 2.14. The summed E-state index contributed by atoms with van der Waals surface area (Å²) in [6.07, 6.45) is 1.69. The van der Waals surface area contributed by atoms with Gasteiger partial charge in [-0.25, -0.2) is 4.39 Å². The van der Waals surface area contributed by atoms with Gasteiger partial charge in [0.05, 0.1) is 12.6 Å². The van der Waals surface area contributed by atoms with Crippen molar-refractivity contribution in [3.05, 3.63) is 30.1 Å². The Bertz CT molecular complexity index is 424. The number of carbonyl (C=O) groups is 1. The van der Waals surface area contributed by atoms with Crippen molar-refractivity contribution in [2.45, 2.75) is 18.9 Å². The van der Waals surface area contributed by atoms with Crippen molar-refractivity contribution < 1.29 is 19.0 Å². The van der Waals surface area contributed by atoms with Crippen LogP contribution >= 0.6 is 0 Å². The molecular weight excluding hydrogens is 237 g/mol. The molecule has 1 aliphatic rings. The van der Waals surface area contributed by atoms with Crippen molar-refractivity contribution in [3.8, 4) is 5.75 Å². The van der Waals surface area contributed by atoms with E-state index in [1.807, 2.05) is 0 Å². The van der Waals surface area contributed by atoms with Gasteiger partial charge in [0.25, 0.3) is 5.91 Å². The van der Waals surface area contributed by atoms with Crippen LogP contribution < -0.4 is 4.74 Å². The van der Waals surface area contributed by atoms with Gasteiger partial charge in [0.2, 0.25) is 0 Å². The summed E-state index contributed by atoms with van der Waals surface area (Å²) in [6.45, 7) is 0.396. The predicted octanol–water partition coefficient (Wildman–Crippen LogP) is 1.19. The first kappa shape index (κ1) is 12.8. The van der Waals surface area contributed by atoms with Crippen molar-refractivity contribution >= 4 is 5.91 Å². The van der Waals surface area contributed by atoms with E-state index in [2.05, 4.69) is 0 Å². The van der Waals surface area contributed by atoms with E-state index >= 15 is 0 Å². The molecule has 1 fully saturated rings. The lowest BCUT2D eigenvalue weighted by atomic mass is 10.2. The van der Waals surface area contributed by atoms with Crippen LogP contribution in [0.4, 0.5) is 4.39 Å². The summed E-state index contributed by atoms with van der Waals surface area (Å²) in [7, 11) is 0. The minimum atomic E-state index is -0.481. The normalized spacial score (nSPS) is 19.0. The number of benzene rings is 1. The van der Waals surface area contributed by atoms with E-state index in [0.29, 0.717) is 6.54 Å². The minimum absolute atomic E-state index is 0.0363. The van der Waals surface area contributed by atoms with Crippen LogP contribution in [-0.2, 0) is 4.79 Å². The summed E-state index contributed by atoms with van der Waals surface area (Å²) in [5.74, 6) is -0.620. The molecule has 0 aromatic heterocycles. The first-order chi connectivity index (χ1) is 8.72. The zero-order chi connectivity index (χ0) is 13.0. The van der Waals surface area contributed by atoms with E-state index in [4.69, 9.17) is 9.84 Å². The average molecular weight is 253 g/mol. The lowest BCUT2D eigenvalue weighted by Gasteiger charge is -2.22. The van der Waals surface area contributed by atoms with Crippen LogP contribution in [0, 0.1) is 5.82 Å². The van der Waals surface area contributed by atoms with E-state index < -0.39 is 5.82 Å². The van der Waals surface area contributed by atoms with Gasteiger partial charge in [0.15, 0.2) is 18.2 Å². The Morgan fingerprint density at radius 1 is 1.50 bits per heavy atom. The Morgan fingerprint density at radius 2 is 2.28 bits per heavy atom. The number of aliphatic hydroxyl groups excluding tert-OH is 1. The number of hydrogen-bond donors (Lipinski definition) is 1. The first-order valence-electron chi connectivity index (χ1n) is 6.00. The molecule has 0 radical (unpaired) electrons. The molecule has 0 unspecified atom stereocenters. The van der Waals surface area contributed by atoms with Gasteiger partial charge < -0.3 is 14.7 Å². The Hall–Kier alpha value is -1.62. The third-order valence-electron chi connectivity index (χ3n) is 3.10. The zero-order valence-corrected chi connectivity index (χ0v) is 10.0. The maximum atomic E-state index is 13.3. The molecule has 1 amide bonds. The van der Waals surface area contributed by atoms with Gasteiger partial charge in [-0.2, -0.15) is 0 Å². The topological polar surface area (TPSA) is 49.8 Å². The summed E-state index contributed by atoms with van der Waals surface area (Å²) in [6, 6.07) is 5.85. The molecule has 1 N–H and O–H groups in total. The fourth-order valence-electron chi connectivity index (χ4n) is 2.14. The zero-order valence-electron chi connectivity index (χ0n) is 10.0. The minimum Gasteiger partial charge on any atom is -0.481 e. The SMILES string of the molecule is O=C(COc1ccccc1F)N1CCC[C@H]1CO. The largest absolute Gasteiger partial charge is 0.481 e. The lowest BCUT2D eigenvalue weighted by molar-refractivity contribution is -0.134. The maximum Gasteiger partial charge on any atom is 0.260 e. The number of ether oxygens (including phenoxy) is 1. The molecule has 1 aliphatic heterocycles. The van der Waals surface area contributed by atoms with Crippen molar-refractivity contribution in [1.29, 1.82) is 0 Å². The molecule has 0 spiro atoms. The van der Waals surface area contributed by atoms with Crippen LogP contribution in [-0.4, -0.2) is 41.7 Å². The molecule has 0 saturated carbocycles. The smallest absolute Gasteiger partial charge is 0.260 e. The van der Waals surface area contributed by atoms with Gasteiger partial charge in [-0.1, -0.05) is 12.1 Å². The highest BCUT2D eigenvalue weighted by Crippen LogP contribution is 2.18. The van der Waals surface area contributed by atoms with Crippen LogP contribution in [0.2, 0.25) is 0 Å². The van der Waals surface area contributed by atoms with E-state index in [1.54, 1.807) is 17.0 Å². The van der Waals surface area contributed by atoms with Crippen molar-refractivity contribution in [2.75, 3.05) is 19.8 Å². The first-order valence-corrected chi connectivity index (χ1v) is 6.00. The number of rotatable bonds is 4. The molecule has 1 aromatic rings. The predicted molar refractivity (Wildman–Crippen MR) is 63.7 cm³/mol. The van der Waals surface area contributed by atoms with Crippen molar-refractivity contribution in [2.24, 2.45) is 0 Å². The summed E-state index contributed by atoms with van der Waals surface area (Å²) >= 11 is 0. The Morgan fingerprint density at radius 3 is 3.00 bits per heavy atom. The van der Waals surface area contributed by atoms with E-state index in [0.717, 1.165) is 12.8 Å². The molecule has 5 heteroatoms. The third kappa shape index (κ3) is 2.79.